The van der Waals surface area contributed by atoms with Crippen molar-refractivity contribution in [3.63, 3.8) is 0 Å². The minimum Gasteiger partial charge on any atom is -0.249 e. The summed E-state index contributed by atoms with van der Waals surface area (Å²) in [6, 6.07) is 4.02. The molecule has 0 aliphatic rings. The van der Waals surface area contributed by atoms with Crippen molar-refractivity contribution in [2.24, 2.45) is 0 Å². The van der Waals surface area contributed by atoms with E-state index < -0.39 is 0 Å². The fraction of sp³-hybridized carbons (Fsp3) is 0. The average Bonchev–Trinajstić information content (AvgIpc) is 2.57. The number of hydrogen-bond donors (Lipinski definition) is 0. The van der Waals surface area contributed by atoms with E-state index in [2.05, 4.69) is 53.7 Å². The Labute approximate surface area is 97.1 Å². The Balaban J connectivity index is 2.64. The summed E-state index contributed by atoms with van der Waals surface area (Å²) in [5, 5.41) is 4.16. The molecule has 0 atom stereocenters. The van der Waals surface area contributed by atoms with E-state index in [0.29, 0.717) is 0 Å². The lowest BCUT2D eigenvalue weighted by Gasteiger charge is -2.02. The van der Waals surface area contributed by atoms with Crippen molar-refractivity contribution in [3.8, 4) is 11.1 Å². The molecule has 0 aliphatic carbocycles. The molecule has 0 unspecified atom stereocenters. The van der Waals surface area contributed by atoms with Gasteiger partial charge in [-0.05, 0) is 60.3 Å². The summed E-state index contributed by atoms with van der Waals surface area (Å²) in [6.07, 6.45) is 1.77. The Morgan fingerprint density at radius 2 is 2.08 bits per heavy atom. The molecular weight excluding hydrogens is 314 g/mol. The highest BCUT2D eigenvalue weighted by Gasteiger charge is 2.07. The van der Waals surface area contributed by atoms with Gasteiger partial charge >= 0.3 is 0 Å². The summed E-state index contributed by atoms with van der Waals surface area (Å²) in [4.78, 5) is 4.19. The molecule has 66 valence electrons. The van der Waals surface area contributed by atoms with Crippen LogP contribution in [0.4, 0.5) is 0 Å². The Hall–Kier alpha value is -0.190. The summed E-state index contributed by atoms with van der Waals surface area (Å²) < 4.78 is 1.94. The van der Waals surface area contributed by atoms with E-state index in [4.69, 9.17) is 0 Å². The molecule has 0 saturated carbocycles. The topological polar surface area (TPSA) is 12.9 Å². The molecule has 0 amide bonds. The molecule has 4 heteroatoms. The molecule has 2 aromatic heterocycles. The van der Waals surface area contributed by atoms with Crippen LogP contribution < -0.4 is 0 Å². The average molecular weight is 319 g/mol. The van der Waals surface area contributed by atoms with Gasteiger partial charge in [-0.2, -0.15) is 11.3 Å². The van der Waals surface area contributed by atoms with Gasteiger partial charge in [0.25, 0.3) is 0 Å². The van der Waals surface area contributed by atoms with Crippen LogP contribution in [0.5, 0.6) is 0 Å². The highest BCUT2D eigenvalue weighted by atomic mass is 79.9. The first-order valence-electron chi connectivity index (χ1n) is 3.61. The second kappa shape index (κ2) is 3.90. The Morgan fingerprint density at radius 3 is 2.69 bits per heavy atom. The number of pyridine rings is 1. The van der Waals surface area contributed by atoms with Crippen LogP contribution in [0.2, 0.25) is 0 Å². The minimum absolute atomic E-state index is 0.875. The van der Waals surface area contributed by atoms with Gasteiger partial charge in [0.05, 0.1) is 0 Å². The predicted octanol–water partition coefficient (Wildman–Crippen LogP) is 4.34. The summed E-state index contributed by atoms with van der Waals surface area (Å²) in [7, 11) is 0. The number of aromatic nitrogens is 1. The molecule has 0 spiro atoms. The van der Waals surface area contributed by atoms with Gasteiger partial charge in [-0.3, -0.25) is 0 Å². The molecular formula is C9H5Br2NS. The fourth-order valence-corrected chi connectivity index (χ4v) is 3.09. The molecule has 0 aliphatic heterocycles. The molecule has 0 N–H and O–H groups in total. The number of hydrogen-bond acceptors (Lipinski definition) is 2. The lowest BCUT2D eigenvalue weighted by atomic mass is 10.2. The molecule has 0 aromatic carbocycles. The molecule has 0 saturated heterocycles. The highest BCUT2D eigenvalue weighted by molar-refractivity contribution is 9.11. The largest absolute Gasteiger partial charge is 0.249 e. The molecule has 13 heavy (non-hydrogen) atoms. The second-order valence-electron chi connectivity index (χ2n) is 2.47. The number of halogens is 2. The van der Waals surface area contributed by atoms with Crippen molar-refractivity contribution in [2.45, 2.75) is 0 Å². The van der Waals surface area contributed by atoms with Gasteiger partial charge in [-0.25, -0.2) is 4.98 Å². The van der Waals surface area contributed by atoms with Gasteiger partial charge in [0, 0.05) is 16.2 Å². The monoisotopic (exact) mass is 317 g/mol. The summed E-state index contributed by atoms with van der Waals surface area (Å²) in [5.41, 5.74) is 2.31. The van der Waals surface area contributed by atoms with Gasteiger partial charge in [0.15, 0.2) is 0 Å². The SMILES string of the molecule is Brc1ccnc(Br)c1-c1ccsc1. The number of thiophene rings is 1. The van der Waals surface area contributed by atoms with Crippen LogP contribution in [0.25, 0.3) is 11.1 Å². The van der Waals surface area contributed by atoms with Gasteiger partial charge in [0.2, 0.25) is 0 Å². The normalized spacial score (nSPS) is 10.3. The van der Waals surface area contributed by atoms with E-state index in [1.54, 1.807) is 17.5 Å². The smallest absolute Gasteiger partial charge is 0.115 e. The Morgan fingerprint density at radius 1 is 1.23 bits per heavy atom. The van der Waals surface area contributed by atoms with Gasteiger partial charge < -0.3 is 0 Å². The van der Waals surface area contributed by atoms with Crippen LogP contribution in [0, 0.1) is 0 Å². The summed E-state index contributed by atoms with van der Waals surface area (Å²) in [5.74, 6) is 0. The first kappa shape index (κ1) is 9.37. The van der Waals surface area contributed by atoms with E-state index in [0.717, 1.165) is 14.6 Å². The second-order valence-corrected chi connectivity index (χ2v) is 4.86. The fourth-order valence-electron chi connectivity index (χ4n) is 1.08. The first-order valence-corrected chi connectivity index (χ1v) is 6.14. The maximum Gasteiger partial charge on any atom is 0.115 e. The van der Waals surface area contributed by atoms with Crippen molar-refractivity contribution >= 4 is 43.2 Å². The van der Waals surface area contributed by atoms with E-state index in [1.807, 2.05) is 6.07 Å². The van der Waals surface area contributed by atoms with Gasteiger partial charge in [-0.1, -0.05) is 0 Å². The molecule has 0 fully saturated rings. The minimum atomic E-state index is 0.875. The van der Waals surface area contributed by atoms with E-state index in [1.165, 1.54) is 5.56 Å². The van der Waals surface area contributed by atoms with Crippen LogP contribution in [0.15, 0.2) is 38.2 Å². The van der Waals surface area contributed by atoms with Crippen molar-refractivity contribution < 1.29 is 0 Å². The van der Waals surface area contributed by atoms with Crippen molar-refractivity contribution in [1.29, 1.82) is 0 Å². The zero-order chi connectivity index (χ0) is 9.26. The maximum atomic E-state index is 4.19. The highest BCUT2D eigenvalue weighted by Crippen LogP contribution is 2.34. The van der Waals surface area contributed by atoms with E-state index in [-0.39, 0.29) is 0 Å². The van der Waals surface area contributed by atoms with Crippen LogP contribution >= 0.6 is 43.2 Å². The standard InChI is InChI=1S/C9H5Br2NS/c10-7-1-3-12-9(11)8(7)6-2-4-13-5-6/h1-5H. The molecule has 0 radical (unpaired) electrons. The van der Waals surface area contributed by atoms with Crippen molar-refractivity contribution in [2.75, 3.05) is 0 Å². The predicted molar refractivity (Wildman–Crippen MR) is 63.0 cm³/mol. The zero-order valence-corrected chi connectivity index (χ0v) is 10.5. The van der Waals surface area contributed by atoms with Crippen LogP contribution in [0.1, 0.15) is 0 Å². The third-order valence-electron chi connectivity index (χ3n) is 1.66. The lowest BCUT2D eigenvalue weighted by Crippen LogP contribution is -1.82. The summed E-state index contributed by atoms with van der Waals surface area (Å²) >= 11 is 8.62. The van der Waals surface area contributed by atoms with Gasteiger partial charge in [0.1, 0.15) is 4.60 Å². The lowest BCUT2D eigenvalue weighted by molar-refractivity contribution is 1.27. The molecule has 2 rings (SSSR count). The van der Waals surface area contributed by atoms with Crippen molar-refractivity contribution in [1.82, 2.24) is 4.98 Å². The number of nitrogens with zero attached hydrogens (tertiary/aromatic N) is 1. The van der Waals surface area contributed by atoms with E-state index in [9.17, 15) is 0 Å². The van der Waals surface area contributed by atoms with Crippen LogP contribution in [-0.4, -0.2) is 4.98 Å². The summed E-state index contributed by atoms with van der Waals surface area (Å²) in [6.45, 7) is 0. The third kappa shape index (κ3) is 1.85. The van der Waals surface area contributed by atoms with Crippen molar-refractivity contribution in [3.05, 3.63) is 38.2 Å². The third-order valence-corrected chi connectivity index (χ3v) is 3.61. The Kier molecular flexibility index (Phi) is 2.81. The van der Waals surface area contributed by atoms with Crippen LogP contribution in [0.3, 0.4) is 0 Å². The zero-order valence-electron chi connectivity index (χ0n) is 6.50. The quantitative estimate of drug-likeness (QED) is 0.713. The number of rotatable bonds is 1. The molecule has 0 bridgehead atoms. The molecule has 2 aromatic rings. The van der Waals surface area contributed by atoms with Gasteiger partial charge in [-0.15, -0.1) is 0 Å². The molecule has 2 heterocycles. The maximum absolute atomic E-state index is 4.19. The Bertz CT molecular complexity index is 391. The van der Waals surface area contributed by atoms with Crippen LogP contribution in [-0.2, 0) is 0 Å². The van der Waals surface area contributed by atoms with E-state index >= 15 is 0 Å². The first-order chi connectivity index (χ1) is 6.29. The molecule has 1 nitrogen and oxygen atoms in total.